The number of imidazole rings is 1. The van der Waals surface area contributed by atoms with Gasteiger partial charge >= 0.3 is 0 Å². The lowest BCUT2D eigenvalue weighted by Gasteiger charge is -2.04. The van der Waals surface area contributed by atoms with Gasteiger partial charge in [0.05, 0.1) is 5.69 Å². The summed E-state index contributed by atoms with van der Waals surface area (Å²) in [6, 6.07) is 13.0. The number of carbonyl (C=O) groups is 1. The number of aromatic nitrogens is 2. The minimum Gasteiger partial charge on any atom is -0.326 e. The van der Waals surface area contributed by atoms with E-state index in [0.717, 1.165) is 28.5 Å². The second-order valence-electron chi connectivity index (χ2n) is 5.06. The number of anilines is 1. The number of hydrogen-bond donors (Lipinski definition) is 1. The Morgan fingerprint density at radius 1 is 1.22 bits per heavy atom. The van der Waals surface area contributed by atoms with E-state index in [4.69, 9.17) is 11.6 Å². The molecule has 0 radical (unpaired) electrons. The Hall–Kier alpha value is -1.98. The molecular weight excluding hydrogens is 330 g/mol. The van der Waals surface area contributed by atoms with Crippen LogP contribution in [0.5, 0.6) is 0 Å². The van der Waals surface area contributed by atoms with Crippen molar-refractivity contribution in [3.63, 3.8) is 0 Å². The maximum Gasteiger partial charge on any atom is 0.225 e. The van der Waals surface area contributed by atoms with Gasteiger partial charge in [-0.05, 0) is 36.4 Å². The van der Waals surface area contributed by atoms with Gasteiger partial charge in [-0.3, -0.25) is 4.79 Å². The zero-order chi connectivity index (χ0) is 16.1. The molecule has 2 aromatic heterocycles. The number of nitrogens with zero attached hydrogens (tertiary/aromatic N) is 2. The van der Waals surface area contributed by atoms with Crippen LogP contribution in [0.2, 0.25) is 5.02 Å². The van der Waals surface area contributed by atoms with Gasteiger partial charge in [-0.2, -0.15) is 11.8 Å². The molecule has 0 saturated carbocycles. The number of thioether (sulfide) groups is 1. The van der Waals surface area contributed by atoms with Crippen LogP contribution in [0.15, 0.2) is 54.9 Å². The lowest BCUT2D eigenvalue weighted by molar-refractivity contribution is -0.115. The maximum absolute atomic E-state index is 11.9. The fraction of sp³-hybridized carbons (Fsp3) is 0.176. The standard InChI is InChI=1S/C17H16ClN3OS/c18-13-4-6-14(7-5-13)20-17(22)8-10-23-12-15-11-21-9-2-1-3-16(21)19-15/h1-7,9,11H,8,10,12H2,(H,20,22). The SMILES string of the molecule is O=C(CCSCc1cn2ccccc2n1)Nc1ccc(Cl)cc1. The fourth-order valence-electron chi connectivity index (χ4n) is 2.16. The number of pyridine rings is 1. The van der Waals surface area contributed by atoms with Gasteiger partial charge in [0.15, 0.2) is 0 Å². The topological polar surface area (TPSA) is 46.4 Å². The number of fused-ring (bicyclic) bond motifs is 1. The summed E-state index contributed by atoms with van der Waals surface area (Å²) in [5, 5.41) is 3.52. The van der Waals surface area contributed by atoms with Crippen LogP contribution >= 0.6 is 23.4 Å². The first kappa shape index (κ1) is 15.9. The quantitative estimate of drug-likeness (QED) is 0.679. The Morgan fingerprint density at radius 3 is 2.83 bits per heavy atom. The number of benzene rings is 1. The molecule has 2 heterocycles. The molecule has 1 aromatic carbocycles. The Kier molecular flexibility index (Phi) is 5.20. The largest absolute Gasteiger partial charge is 0.326 e. The third-order valence-electron chi connectivity index (χ3n) is 3.27. The smallest absolute Gasteiger partial charge is 0.225 e. The highest BCUT2D eigenvalue weighted by molar-refractivity contribution is 7.98. The van der Waals surface area contributed by atoms with Gasteiger partial charge in [-0.25, -0.2) is 4.98 Å². The molecule has 0 aliphatic carbocycles. The molecule has 0 fully saturated rings. The molecule has 23 heavy (non-hydrogen) atoms. The zero-order valence-electron chi connectivity index (χ0n) is 12.4. The summed E-state index contributed by atoms with van der Waals surface area (Å²) in [4.78, 5) is 16.4. The van der Waals surface area contributed by atoms with Crippen LogP contribution in [0.4, 0.5) is 5.69 Å². The maximum atomic E-state index is 11.9. The third-order valence-corrected chi connectivity index (χ3v) is 4.51. The Morgan fingerprint density at radius 2 is 2.04 bits per heavy atom. The molecule has 1 amide bonds. The van der Waals surface area contributed by atoms with Crippen molar-refractivity contribution in [3.05, 3.63) is 65.6 Å². The van der Waals surface area contributed by atoms with Crippen molar-refractivity contribution in [1.82, 2.24) is 9.38 Å². The van der Waals surface area contributed by atoms with E-state index >= 15 is 0 Å². The van der Waals surface area contributed by atoms with E-state index in [1.165, 1.54) is 0 Å². The number of rotatable bonds is 6. The summed E-state index contributed by atoms with van der Waals surface area (Å²) in [6.07, 6.45) is 4.48. The van der Waals surface area contributed by atoms with Crippen molar-refractivity contribution in [1.29, 1.82) is 0 Å². The van der Waals surface area contributed by atoms with Crippen LogP contribution < -0.4 is 5.32 Å². The van der Waals surface area contributed by atoms with Crippen molar-refractivity contribution < 1.29 is 4.79 Å². The van der Waals surface area contributed by atoms with Gasteiger partial charge < -0.3 is 9.72 Å². The Balaban J connectivity index is 1.42. The van der Waals surface area contributed by atoms with Gasteiger partial charge in [0, 0.05) is 41.0 Å². The lowest BCUT2D eigenvalue weighted by atomic mass is 10.3. The third kappa shape index (κ3) is 4.50. The van der Waals surface area contributed by atoms with Crippen molar-refractivity contribution in [2.45, 2.75) is 12.2 Å². The lowest BCUT2D eigenvalue weighted by Crippen LogP contribution is -2.12. The first-order valence-electron chi connectivity index (χ1n) is 7.26. The monoisotopic (exact) mass is 345 g/mol. The summed E-state index contributed by atoms with van der Waals surface area (Å²) in [5.74, 6) is 1.57. The van der Waals surface area contributed by atoms with Crippen LogP contribution in [0.25, 0.3) is 5.65 Å². The highest BCUT2D eigenvalue weighted by Crippen LogP contribution is 2.16. The Labute approximate surface area is 143 Å². The molecule has 0 bridgehead atoms. The van der Waals surface area contributed by atoms with Crippen molar-refractivity contribution in [3.8, 4) is 0 Å². The summed E-state index contributed by atoms with van der Waals surface area (Å²) in [5.41, 5.74) is 2.74. The minimum absolute atomic E-state index is 0.00910. The van der Waals surface area contributed by atoms with Gasteiger partial charge in [0.2, 0.25) is 5.91 Å². The van der Waals surface area contributed by atoms with Gasteiger partial charge in [0.1, 0.15) is 5.65 Å². The molecule has 0 atom stereocenters. The molecule has 0 saturated heterocycles. The van der Waals surface area contributed by atoms with E-state index in [2.05, 4.69) is 10.3 Å². The van der Waals surface area contributed by atoms with Crippen LogP contribution in [0, 0.1) is 0 Å². The average molecular weight is 346 g/mol. The van der Waals surface area contributed by atoms with Gasteiger partial charge in [-0.1, -0.05) is 17.7 Å². The first-order valence-corrected chi connectivity index (χ1v) is 8.80. The molecule has 0 unspecified atom stereocenters. The fourth-order valence-corrected chi connectivity index (χ4v) is 3.10. The predicted molar refractivity (Wildman–Crippen MR) is 96.1 cm³/mol. The molecule has 3 rings (SSSR count). The van der Waals surface area contributed by atoms with Crippen molar-refractivity contribution >= 4 is 40.6 Å². The molecule has 4 nitrogen and oxygen atoms in total. The summed E-state index contributed by atoms with van der Waals surface area (Å²) >= 11 is 7.52. The number of amides is 1. The summed E-state index contributed by atoms with van der Waals surface area (Å²) in [7, 11) is 0. The molecule has 118 valence electrons. The molecule has 3 aromatic rings. The van der Waals surface area contributed by atoms with E-state index in [1.807, 2.05) is 35.0 Å². The van der Waals surface area contributed by atoms with E-state index in [0.29, 0.717) is 11.4 Å². The van der Waals surface area contributed by atoms with E-state index in [9.17, 15) is 4.79 Å². The zero-order valence-corrected chi connectivity index (χ0v) is 14.0. The van der Waals surface area contributed by atoms with E-state index < -0.39 is 0 Å². The molecule has 6 heteroatoms. The molecule has 0 aliphatic heterocycles. The van der Waals surface area contributed by atoms with E-state index in [-0.39, 0.29) is 5.91 Å². The highest BCUT2D eigenvalue weighted by Gasteiger charge is 2.04. The first-order chi connectivity index (χ1) is 11.2. The summed E-state index contributed by atoms with van der Waals surface area (Å²) < 4.78 is 2.00. The van der Waals surface area contributed by atoms with Gasteiger partial charge in [0.25, 0.3) is 0 Å². The second kappa shape index (κ2) is 7.53. The van der Waals surface area contributed by atoms with Crippen LogP contribution in [0.3, 0.4) is 0 Å². The number of halogens is 1. The van der Waals surface area contributed by atoms with Gasteiger partial charge in [-0.15, -0.1) is 0 Å². The number of nitrogens with one attached hydrogen (secondary N) is 1. The predicted octanol–water partition coefficient (Wildman–Crippen LogP) is 4.25. The second-order valence-corrected chi connectivity index (χ2v) is 6.60. The van der Waals surface area contributed by atoms with Crippen LogP contribution in [-0.2, 0) is 10.5 Å². The van der Waals surface area contributed by atoms with Crippen LogP contribution in [-0.4, -0.2) is 21.0 Å². The van der Waals surface area contributed by atoms with E-state index in [1.54, 1.807) is 36.0 Å². The van der Waals surface area contributed by atoms with Crippen molar-refractivity contribution in [2.24, 2.45) is 0 Å². The van der Waals surface area contributed by atoms with Crippen molar-refractivity contribution in [2.75, 3.05) is 11.1 Å². The normalized spacial score (nSPS) is 10.8. The number of carbonyl (C=O) groups excluding carboxylic acids is 1. The highest BCUT2D eigenvalue weighted by atomic mass is 35.5. The summed E-state index contributed by atoms with van der Waals surface area (Å²) in [6.45, 7) is 0. The minimum atomic E-state index is 0.00910. The molecule has 1 N–H and O–H groups in total. The molecular formula is C17H16ClN3OS. The Bertz CT molecular complexity index is 768. The van der Waals surface area contributed by atoms with Crippen LogP contribution in [0.1, 0.15) is 12.1 Å². The average Bonchev–Trinajstić information content (AvgIpc) is 2.96. The molecule has 0 aliphatic rings. The number of hydrogen-bond acceptors (Lipinski definition) is 3. The molecule has 0 spiro atoms.